The molecule has 0 bridgehead atoms. The van der Waals surface area contributed by atoms with E-state index in [2.05, 4.69) is 15.3 Å². The lowest BCUT2D eigenvalue weighted by Gasteiger charge is -2.10. The Labute approximate surface area is 95.9 Å². The van der Waals surface area contributed by atoms with Crippen molar-refractivity contribution in [1.82, 2.24) is 9.97 Å². The summed E-state index contributed by atoms with van der Waals surface area (Å²) in [5.74, 6) is 0.604. The molecule has 1 unspecified atom stereocenters. The Bertz CT molecular complexity index is 331. The van der Waals surface area contributed by atoms with Crippen LogP contribution in [0.25, 0.3) is 0 Å². The van der Waals surface area contributed by atoms with Crippen molar-refractivity contribution in [3.63, 3.8) is 0 Å². The lowest BCUT2D eigenvalue weighted by molar-refractivity contribution is 0.0615. The maximum Gasteiger partial charge on any atom is 0.222 e. The summed E-state index contributed by atoms with van der Waals surface area (Å²) in [6, 6.07) is 0. The fraction of sp³-hybridized carbons (Fsp3) is 0.636. The number of aliphatic hydroxyl groups is 1. The SMILES string of the molecule is COCC(O)CCNc1ncc(C)c(C)n1. The molecule has 0 fully saturated rings. The Morgan fingerprint density at radius 2 is 2.25 bits per heavy atom. The van der Waals surface area contributed by atoms with Crippen LogP contribution < -0.4 is 5.32 Å². The smallest absolute Gasteiger partial charge is 0.222 e. The molecular weight excluding hydrogens is 206 g/mol. The lowest BCUT2D eigenvalue weighted by Crippen LogP contribution is -2.19. The van der Waals surface area contributed by atoms with E-state index in [1.807, 2.05) is 13.8 Å². The predicted molar refractivity (Wildman–Crippen MR) is 62.5 cm³/mol. The average molecular weight is 225 g/mol. The Hall–Kier alpha value is -1.20. The number of aromatic nitrogens is 2. The van der Waals surface area contributed by atoms with Crippen LogP contribution in [0.2, 0.25) is 0 Å². The van der Waals surface area contributed by atoms with Gasteiger partial charge in [-0.2, -0.15) is 0 Å². The van der Waals surface area contributed by atoms with E-state index >= 15 is 0 Å². The first-order valence-electron chi connectivity index (χ1n) is 5.34. The second-order valence-corrected chi connectivity index (χ2v) is 3.79. The van der Waals surface area contributed by atoms with E-state index in [9.17, 15) is 5.11 Å². The van der Waals surface area contributed by atoms with Crippen LogP contribution in [0.1, 0.15) is 17.7 Å². The quantitative estimate of drug-likeness (QED) is 0.753. The minimum atomic E-state index is -0.441. The van der Waals surface area contributed by atoms with Crippen molar-refractivity contribution in [3.8, 4) is 0 Å². The van der Waals surface area contributed by atoms with Gasteiger partial charge in [-0.25, -0.2) is 9.97 Å². The molecule has 0 aliphatic carbocycles. The molecule has 5 heteroatoms. The highest BCUT2D eigenvalue weighted by Gasteiger charge is 2.04. The Morgan fingerprint density at radius 3 is 2.88 bits per heavy atom. The van der Waals surface area contributed by atoms with Gasteiger partial charge in [0.15, 0.2) is 0 Å². The number of rotatable bonds is 6. The standard InChI is InChI=1S/C11H19N3O2/c1-8-6-13-11(14-9(8)2)12-5-4-10(15)7-16-3/h6,10,15H,4-5,7H2,1-3H3,(H,12,13,14). The molecule has 90 valence electrons. The van der Waals surface area contributed by atoms with Crippen LogP contribution in [0.15, 0.2) is 6.20 Å². The minimum absolute atomic E-state index is 0.357. The number of hydrogen-bond donors (Lipinski definition) is 2. The lowest BCUT2D eigenvalue weighted by atomic mass is 10.2. The summed E-state index contributed by atoms with van der Waals surface area (Å²) in [5, 5.41) is 12.5. The van der Waals surface area contributed by atoms with Gasteiger partial charge in [0.1, 0.15) is 0 Å². The van der Waals surface area contributed by atoms with Gasteiger partial charge in [-0.15, -0.1) is 0 Å². The fourth-order valence-corrected chi connectivity index (χ4v) is 1.24. The highest BCUT2D eigenvalue weighted by Crippen LogP contribution is 2.05. The molecule has 0 saturated heterocycles. The van der Waals surface area contributed by atoms with E-state index in [-0.39, 0.29) is 0 Å². The molecule has 0 radical (unpaired) electrons. The maximum atomic E-state index is 9.42. The summed E-state index contributed by atoms with van der Waals surface area (Å²) in [6.45, 7) is 4.91. The third-order valence-corrected chi connectivity index (χ3v) is 2.34. The van der Waals surface area contributed by atoms with Crippen LogP contribution in [0.3, 0.4) is 0 Å². The molecule has 0 aliphatic heterocycles. The molecule has 1 heterocycles. The molecule has 0 saturated carbocycles. The van der Waals surface area contributed by atoms with Crippen molar-refractivity contribution < 1.29 is 9.84 Å². The van der Waals surface area contributed by atoms with Crippen LogP contribution in [-0.2, 0) is 4.74 Å². The summed E-state index contributed by atoms with van der Waals surface area (Å²) >= 11 is 0. The Morgan fingerprint density at radius 1 is 1.50 bits per heavy atom. The zero-order valence-electron chi connectivity index (χ0n) is 10.0. The summed E-state index contributed by atoms with van der Waals surface area (Å²) in [6.07, 6.45) is 1.96. The number of ether oxygens (including phenoxy) is 1. The van der Waals surface area contributed by atoms with Gasteiger partial charge in [-0.1, -0.05) is 0 Å². The molecule has 5 nitrogen and oxygen atoms in total. The number of hydrogen-bond acceptors (Lipinski definition) is 5. The molecule has 16 heavy (non-hydrogen) atoms. The maximum absolute atomic E-state index is 9.42. The van der Waals surface area contributed by atoms with Crippen molar-refractivity contribution in [1.29, 1.82) is 0 Å². The van der Waals surface area contributed by atoms with E-state index in [0.29, 0.717) is 25.5 Å². The summed E-state index contributed by atoms with van der Waals surface area (Å²) in [7, 11) is 1.57. The van der Waals surface area contributed by atoms with Gasteiger partial charge in [0, 0.05) is 25.5 Å². The molecule has 0 spiro atoms. The second kappa shape index (κ2) is 6.40. The predicted octanol–water partition coefficient (Wildman–Crippen LogP) is 0.903. The summed E-state index contributed by atoms with van der Waals surface area (Å²) < 4.78 is 4.83. The average Bonchev–Trinajstić information content (AvgIpc) is 2.24. The van der Waals surface area contributed by atoms with Crippen LogP contribution >= 0.6 is 0 Å². The highest BCUT2D eigenvalue weighted by molar-refractivity contribution is 5.28. The zero-order valence-corrected chi connectivity index (χ0v) is 10.0. The number of nitrogens with zero attached hydrogens (tertiary/aromatic N) is 2. The third-order valence-electron chi connectivity index (χ3n) is 2.34. The molecule has 1 aromatic heterocycles. The largest absolute Gasteiger partial charge is 0.391 e. The molecule has 0 amide bonds. The fourth-order valence-electron chi connectivity index (χ4n) is 1.24. The van der Waals surface area contributed by atoms with Gasteiger partial charge in [0.05, 0.1) is 12.7 Å². The zero-order chi connectivity index (χ0) is 12.0. The van der Waals surface area contributed by atoms with Crippen molar-refractivity contribution >= 4 is 5.95 Å². The van der Waals surface area contributed by atoms with Crippen molar-refractivity contribution in [2.45, 2.75) is 26.4 Å². The topological polar surface area (TPSA) is 67.3 Å². The molecule has 1 atom stereocenters. The van der Waals surface area contributed by atoms with E-state index in [1.165, 1.54) is 0 Å². The monoisotopic (exact) mass is 225 g/mol. The van der Waals surface area contributed by atoms with Crippen molar-refractivity contribution in [2.75, 3.05) is 25.6 Å². The van der Waals surface area contributed by atoms with E-state index in [1.54, 1.807) is 13.3 Å². The van der Waals surface area contributed by atoms with Gasteiger partial charge >= 0.3 is 0 Å². The Balaban J connectivity index is 2.34. The van der Waals surface area contributed by atoms with Gasteiger partial charge in [0.2, 0.25) is 5.95 Å². The number of aryl methyl sites for hydroxylation is 2. The molecule has 2 N–H and O–H groups in total. The Kier molecular flexibility index (Phi) is 5.14. The number of anilines is 1. The third kappa shape index (κ3) is 4.12. The molecule has 1 rings (SSSR count). The molecule has 1 aromatic rings. The summed E-state index contributed by atoms with van der Waals surface area (Å²) in [5.41, 5.74) is 2.04. The van der Waals surface area contributed by atoms with Crippen LogP contribution in [0.5, 0.6) is 0 Å². The van der Waals surface area contributed by atoms with Gasteiger partial charge in [0.25, 0.3) is 0 Å². The van der Waals surface area contributed by atoms with Gasteiger partial charge in [-0.05, 0) is 25.8 Å². The summed E-state index contributed by atoms with van der Waals surface area (Å²) in [4.78, 5) is 8.43. The van der Waals surface area contributed by atoms with Gasteiger partial charge < -0.3 is 15.2 Å². The van der Waals surface area contributed by atoms with Crippen LogP contribution in [0, 0.1) is 13.8 Å². The first kappa shape index (κ1) is 12.9. The molecular formula is C11H19N3O2. The van der Waals surface area contributed by atoms with E-state index in [4.69, 9.17) is 4.74 Å². The van der Waals surface area contributed by atoms with Crippen LogP contribution in [-0.4, -0.2) is 41.4 Å². The van der Waals surface area contributed by atoms with E-state index in [0.717, 1.165) is 11.3 Å². The molecule has 0 aromatic carbocycles. The first-order valence-corrected chi connectivity index (χ1v) is 5.34. The number of aliphatic hydroxyl groups excluding tert-OH is 1. The number of methoxy groups -OCH3 is 1. The van der Waals surface area contributed by atoms with E-state index < -0.39 is 6.10 Å². The van der Waals surface area contributed by atoms with Gasteiger partial charge in [-0.3, -0.25) is 0 Å². The highest BCUT2D eigenvalue weighted by atomic mass is 16.5. The second-order valence-electron chi connectivity index (χ2n) is 3.79. The number of nitrogens with one attached hydrogen (secondary N) is 1. The van der Waals surface area contributed by atoms with Crippen LogP contribution in [0.4, 0.5) is 5.95 Å². The van der Waals surface area contributed by atoms with Crippen molar-refractivity contribution in [3.05, 3.63) is 17.5 Å². The minimum Gasteiger partial charge on any atom is -0.391 e. The first-order chi connectivity index (χ1) is 7.63. The molecule has 0 aliphatic rings. The normalized spacial score (nSPS) is 12.5. The van der Waals surface area contributed by atoms with Crippen molar-refractivity contribution in [2.24, 2.45) is 0 Å².